The summed E-state index contributed by atoms with van der Waals surface area (Å²) in [5.74, 6) is -0.194. The highest BCUT2D eigenvalue weighted by Gasteiger charge is 2.01. The van der Waals surface area contributed by atoms with Crippen LogP contribution in [0.15, 0.2) is 36.4 Å². The maximum absolute atomic E-state index is 11.3. The standard InChI is InChI=1S/C12H15NO2/c1-10(9-14)13-12(15)8-7-11-5-3-2-4-6-11/h2-8,10,14H,9H2,1H3,(H,13,15)/t10-/m0/s1. The fraction of sp³-hybridized carbons (Fsp3) is 0.250. The molecule has 1 atom stereocenters. The normalized spacial score (nSPS) is 12.7. The molecule has 2 N–H and O–H groups in total. The molecule has 3 nitrogen and oxygen atoms in total. The van der Waals surface area contributed by atoms with E-state index >= 15 is 0 Å². The van der Waals surface area contributed by atoms with Crippen LogP contribution in [0.1, 0.15) is 12.5 Å². The van der Waals surface area contributed by atoms with Crippen molar-refractivity contribution >= 4 is 12.0 Å². The first-order valence-electron chi connectivity index (χ1n) is 4.87. The summed E-state index contributed by atoms with van der Waals surface area (Å²) in [6.45, 7) is 1.69. The van der Waals surface area contributed by atoms with Gasteiger partial charge in [0.1, 0.15) is 0 Å². The molecule has 15 heavy (non-hydrogen) atoms. The van der Waals surface area contributed by atoms with Crippen molar-refractivity contribution in [3.63, 3.8) is 0 Å². The lowest BCUT2D eigenvalue weighted by Crippen LogP contribution is -2.33. The lowest BCUT2D eigenvalue weighted by Gasteiger charge is -2.07. The average Bonchev–Trinajstić information content (AvgIpc) is 2.27. The minimum absolute atomic E-state index is 0.0507. The second kappa shape index (κ2) is 5.98. The van der Waals surface area contributed by atoms with Gasteiger partial charge in [0.05, 0.1) is 6.61 Å². The zero-order chi connectivity index (χ0) is 11.1. The number of hydrogen-bond acceptors (Lipinski definition) is 2. The van der Waals surface area contributed by atoms with Gasteiger partial charge in [0.15, 0.2) is 0 Å². The summed E-state index contributed by atoms with van der Waals surface area (Å²) >= 11 is 0. The molecule has 1 amide bonds. The van der Waals surface area contributed by atoms with Gasteiger partial charge in [-0.1, -0.05) is 30.3 Å². The van der Waals surface area contributed by atoms with Crippen LogP contribution in [0.4, 0.5) is 0 Å². The molecule has 1 rings (SSSR count). The summed E-state index contributed by atoms with van der Waals surface area (Å²) in [5.41, 5.74) is 0.976. The van der Waals surface area contributed by atoms with Gasteiger partial charge in [0.25, 0.3) is 0 Å². The van der Waals surface area contributed by atoms with E-state index in [9.17, 15) is 4.79 Å². The molecule has 0 saturated carbocycles. The van der Waals surface area contributed by atoms with E-state index in [0.29, 0.717) is 0 Å². The minimum Gasteiger partial charge on any atom is -0.394 e. The van der Waals surface area contributed by atoms with Crippen LogP contribution in [-0.4, -0.2) is 23.7 Å². The number of aliphatic hydroxyl groups excluding tert-OH is 1. The van der Waals surface area contributed by atoms with E-state index in [-0.39, 0.29) is 18.6 Å². The third-order valence-electron chi connectivity index (χ3n) is 1.89. The average molecular weight is 205 g/mol. The van der Waals surface area contributed by atoms with Crippen LogP contribution in [0.3, 0.4) is 0 Å². The Kier molecular flexibility index (Phi) is 4.57. The van der Waals surface area contributed by atoms with Gasteiger partial charge in [-0.3, -0.25) is 4.79 Å². The second-order valence-electron chi connectivity index (χ2n) is 3.34. The molecular formula is C12H15NO2. The monoisotopic (exact) mass is 205 g/mol. The molecule has 0 heterocycles. The van der Waals surface area contributed by atoms with Crippen molar-refractivity contribution in [2.45, 2.75) is 13.0 Å². The number of benzene rings is 1. The summed E-state index contributed by atoms with van der Waals surface area (Å²) in [4.78, 5) is 11.3. The van der Waals surface area contributed by atoms with Crippen LogP contribution in [-0.2, 0) is 4.79 Å². The third-order valence-corrected chi connectivity index (χ3v) is 1.89. The fourth-order valence-corrected chi connectivity index (χ4v) is 1.07. The molecule has 0 unspecified atom stereocenters. The predicted octanol–water partition coefficient (Wildman–Crippen LogP) is 1.20. The summed E-state index contributed by atoms with van der Waals surface area (Å²) < 4.78 is 0. The SMILES string of the molecule is C[C@@H](CO)NC(=O)C=Cc1ccccc1. The molecule has 1 aromatic rings. The largest absolute Gasteiger partial charge is 0.394 e. The molecule has 1 aromatic carbocycles. The lowest BCUT2D eigenvalue weighted by molar-refractivity contribution is -0.117. The molecule has 0 aliphatic carbocycles. The third kappa shape index (κ3) is 4.42. The van der Waals surface area contributed by atoms with E-state index in [2.05, 4.69) is 5.32 Å². The maximum atomic E-state index is 11.3. The van der Waals surface area contributed by atoms with Gasteiger partial charge in [-0.2, -0.15) is 0 Å². The van der Waals surface area contributed by atoms with Crippen molar-refractivity contribution in [1.82, 2.24) is 5.32 Å². The van der Waals surface area contributed by atoms with Gasteiger partial charge in [-0.25, -0.2) is 0 Å². The molecule has 0 saturated heterocycles. The summed E-state index contributed by atoms with van der Waals surface area (Å²) in [7, 11) is 0. The Morgan fingerprint density at radius 2 is 2.13 bits per heavy atom. The van der Waals surface area contributed by atoms with Gasteiger partial charge < -0.3 is 10.4 Å². The maximum Gasteiger partial charge on any atom is 0.244 e. The molecular weight excluding hydrogens is 190 g/mol. The van der Waals surface area contributed by atoms with Crippen molar-refractivity contribution in [2.75, 3.05) is 6.61 Å². The van der Waals surface area contributed by atoms with Crippen molar-refractivity contribution < 1.29 is 9.90 Å². The molecule has 0 aliphatic rings. The van der Waals surface area contributed by atoms with E-state index in [1.54, 1.807) is 13.0 Å². The van der Waals surface area contributed by atoms with Gasteiger partial charge in [-0.05, 0) is 18.6 Å². The molecule has 3 heteroatoms. The molecule has 80 valence electrons. The summed E-state index contributed by atoms with van der Waals surface area (Å²) in [6.07, 6.45) is 3.20. The number of carbonyl (C=O) groups is 1. The van der Waals surface area contributed by atoms with E-state index in [1.807, 2.05) is 30.3 Å². The molecule has 0 aromatic heterocycles. The van der Waals surface area contributed by atoms with Crippen molar-refractivity contribution in [3.8, 4) is 0 Å². The molecule has 0 aliphatic heterocycles. The van der Waals surface area contributed by atoms with Gasteiger partial charge in [-0.15, -0.1) is 0 Å². The highest BCUT2D eigenvalue weighted by atomic mass is 16.3. The number of rotatable bonds is 4. The first kappa shape index (κ1) is 11.5. The van der Waals surface area contributed by atoms with Crippen molar-refractivity contribution in [1.29, 1.82) is 0 Å². The summed E-state index contributed by atoms with van der Waals surface area (Å²) in [6, 6.07) is 9.36. The predicted molar refractivity (Wildman–Crippen MR) is 60.2 cm³/mol. The smallest absolute Gasteiger partial charge is 0.244 e. The van der Waals surface area contributed by atoms with Crippen LogP contribution in [0.2, 0.25) is 0 Å². The Bertz CT molecular complexity index is 333. The fourth-order valence-electron chi connectivity index (χ4n) is 1.07. The van der Waals surface area contributed by atoms with Crippen LogP contribution in [0.5, 0.6) is 0 Å². The highest BCUT2D eigenvalue weighted by molar-refractivity contribution is 5.91. The Morgan fingerprint density at radius 3 is 2.73 bits per heavy atom. The first-order chi connectivity index (χ1) is 7.22. The Labute approximate surface area is 89.4 Å². The quantitative estimate of drug-likeness (QED) is 0.725. The molecule has 0 radical (unpaired) electrons. The number of aliphatic hydroxyl groups is 1. The van der Waals surface area contributed by atoms with Crippen LogP contribution < -0.4 is 5.32 Å². The second-order valence-corrected chi connectivity index (χ2v) is 3.34. The Hall–Kier alpha value is -1.61. The van der Waals surface area contributed by atoms with Crippen LogP contribution in [0, 0.1) is 0 Å². The Balaban J connectivity index is 2.48. The Morgan fingerprint density at radius 1 is 1.47 bits per heavy atom. The number of carbonyl (C=O) groups excluding carboxylic acids is 1. The van der Waals surface area contributed by atoms with Gasteiger partial charge in [0, 0.05) is 12.1 Å². The molecule has 0 bridgehead atoms. The molecule has 0 spiro atoms. The van der Waals surface area contributed by atoms with E-state index in [0.717, 1.165) is 5.56 Å². The zero-order valence-electron chi connectivity index (χ0n) is 8.68. The highest BCUT2D eigenvalue weighted by Crippen LogP contribution is 2.00. The van der Waals surface area contributed by atoms with Crippen LogP contribution in [0.25, 0.3) is 6.08 Å². The minimum atomic E-state index is -0.210. The van der Waals surface area contributed by atoms with Crippen molar-refractivity contribution in [3.05, 3.63) is 42.0 Å². The van der Waals surface area contributed by atoms with Crippen molar-refractivity contribution in [2.24, 2.45) is 0 Å². The molecule has 0 fully saturated rings. The van der Waals surface area contributed by atoms with Crippen LogP contribution >= 0.6 is 0 Å². The number of hydrogen-bond donors (Lipinski definition) is 2. The summed E-state index contributed by atoms with van der Waals surface area (Å²) in [5, 5.41) is 11.4. The van der Waals surface area contributed by atoms with Gasteiger partial charge >= 0.3 is 0 Å². The van der Waals surface area contributed by atoms with E-state index in [1.165, 1.54) is 6.08 Å². The van der Waals surface area contributed by atoms with E-state index in [4.69, 9.17) is 5.11 Å². The van der Waals surface area contributed by atoms with Gasteiger partial charge in [0.2, 0.25) is 5.91 Å². The number of amides is 1. The number of nitrogens with one attached hydrogen (secondary N) is 1. The van der Waals surface area contributed by atoms with E-state index < -0.39 is 0 Å². The topological polar surface area (TPSA) is 49.3 Å². The zero-order valence-corrected chi connectivity index (χ0v) is 8.68. The lowest BCUT2D eigenvalue weighted by atomic mass is 10.2. The first-order valence-corrected chi connectivity index (χ1v) is 4.87.